The Bertz CT molecular complexity index is 544. The third kappa shape index (κ3) is 3.83. The molecule has 1 saturated heterocycles. The Morgan fingerprint density at radius 3 is 2.55 bits per heavy atom. The van der Waals surface area contributed by atoms with E-state index in [4.69, 9.17) is 16.3 Å². The average molecular weight is 326 g/mol. The largest absolute Gasteiger partial charge is 0.444 e. The van der Waals surface area contributed by atoms with Crippen molar-refractivity contribution in [2.45, 2.75) is 52.3 Å². The van der Waals surface area contributed by atoms with Gasteiger partial charge in [-0.3, -0.25) is 0 Å². The van der Waals surface area contributed by atoms with Gasteiger partial charge in [-0.05, 0) is 46.8 Å². The van der Waals surface area contributed by atoms with Gasteiger partial charge in [0.2, 0.25) is 0 Å². The number of piperazine rings is 1. The Labute approximate surface area is 137 Å². The summed E-state index contributed by atoms with van der Waals surface area (Å²) in [5.41, 5.74) is -0.480. The Kier molecular flexibility index (Phi) is 4.85. The summed E-state index contributed by atoms with van der Waals surface area (Å²) < 4.78 is 5.49. The highest BCUT2D eigenvalue weighted by molar-refractivity contribution is 6.29. The van der Waals surface area contributed by atoms with Crippen molar-refractivity contribution in [3.05, 3.63) is 23.4 Å². The van der Waals surface area contributed by atoms with Crippen LogP contribution >= 0.6 is 11.6 Å². The number of nitrogens with zero attached hydrogens (tertiary/aromatic N) is 3. The minimum Gasteiger partial charge on any atom is -0.444 e. The van der Waals surface area contributed by atoms with Crippen molar-refractivity contribution in [3.63, 3.8) is 0 Å². The number of halogens is 1. The van der Waals surface area contributed by atoms with Crippen LogP contribution in [0.5, 0.6) is 0 Å². The second kappa shape index (κ2) is 6.32. The first kappa shape index (κ1) is 16.9. The number of anilines is 1. The van der Waals surface area contributed by atoms with Gasteiger partial charge in [-0.25, -0.2) is 9.78 Å². The van der Waals surface area contributed by atoms with Crippen LogP contribution in [0.25, 0.3) is 0 Å². The maximum atomic E-state index is 12.3. The lowest BCUT2D eigenvalue weighted by Crippen LogP contribution is -2.59. The fourth-order valence-corrected chi connectivity index (χ4v) is 2.76. The summed E-state index contributed by atoms with van der Waals surface area (Å²) in [6.45, 7) is 11.1. The smallest absolute Gasteiger partial charge is 0.410 e. The zero-order valence-electron chi connectivity index (χ0n) is 13.8. The maximum Gasteiger partial charge on any atom is 0.410 e. The second-order valence-electron chi connectivity index (χ2n) is 6.67. The molecular formula is C16H24ClN3O2. The van der Waals surface area contributed by atoms with Gasteiger partial charge >= 0.3 is 6.09 Å². The minimum absolute atomic E-state index is 0.0318. The summed E-state index contributed by atoms with van der Waals surface area (Å²) in [7, 11) is 0. The van der Waals surface area contributed by atoms with Crippen molar-refractivity contribution in [2.24, 2.45) is 0 Å². The highest BCUT2D eigenvalue weighted by Gasteiger charge is 2.36. The lowest BCUT2D eigenvalue weighted by atomic mass is 10.1. The Morgan fingerprint density at radius 1 is 1.27 bits per heavy atom. The summed E-state index contributed by atoms with van der Waals surface area (Å²) in [5.74, 6) is 0.843. The predicted octanol–water partition coefficient (Wildman–Crippen LogP) is 3.57. The van der Waals surface area contributed by atoms with Crippen LogP contribution in [0.2, 0.25) is 5.15 Å². The fraction of sp³-hybridized carbons (Fsp3) is 0.625. The molecule has 1 aliphatic heterocycles. The first-order chi connectivity index (χ1) is 10.2. The zero-order chi connectivity index (χ0) is 16.5. The molecule has 6 heteroatoms. The molecule has 0 radical (unpaired) electrons. The highest BCUT2D eigenvalue weighted by atomic mass is 35.5. The van der Waals surface area contributed by atoms with Crippen LogP contribution in [0, 0.1) is 0 Å². The van der Waals surface area contributed by atoms with E-state index in [0.29, 0.717) is 18.2 Å². The van der Waals surface area contributed by atoms with Crippen LogP contribution in [0.1, 0.15) is 34.6 Å². The van der Waals surface area contributed by atoms with E-state index in [1.54, 1.807) is 11.0 Å². The molecule has 1 aliphatic rings. The van der Waals surface area contributed by atoms with Gasteiger partial charge in [0.25, 0.3) is 0 Å². The van der Waals surface area contributed by atoms with Crippen molar-refractivity contribution >= 4 is 23.5 Å². The number of hydrogen-bond donors (Lipinski definition) is 0. The third-order valence-electron chi connectivity index (χ3n) is 3.89. The number of carbonyl (C=O) groups is 1. The van der Waals surface area contributed by atoms with Crippen LogP contribution in [-0.2, 0) is 4.74 Å². The molecule has 2 atom stereocenters. The van der Waals surface area contributed by atoms with Gasteiger partial charge in [0.1, 0.15) is 16.6 Å². The fourth-order valence-electron chi connectivity index (χ4n) is 2.60. The molecule has 1 aromatic rings. The molecule has 2 rings (SSSR count). The van der Waals surface area contributed by atoms with Gasteiger partial charge in [0.15, 0.2) is 0 Å². The summed E-state index contributed by atoms with van der Waals surface area (Å²) in [6.07, 6.45) is -0.259. The summed E-state index contributed by atoms with van der Waals surface area (Å²) in [5, 5.41) is 0.479. The van der Waals surface area contributed by atoms with Crippen LogP contribution in [0.15, 0.2) is 18.2 Å². The average Bonchev–Trinajstić information content (AvgIpc) is 2.39. The molecule has 1 fully saturated rings. The number of pyridine rings is 1. The van der Waals surface area contributed by atoms with Crippen LogP contribution in [-0.4, -0.2) is 46.8 Å². The van der Waals surface area contributed by atoms with Gasteiger partial charge in [-0.15, -0.1) is 0 Å². The van der Waals surface area contributed by atoms with Gasteiger partial charge in [0, 0.05) is 19.1 Å². The number of carbonyl (C=O) groups excluding carboxylic acids is 1. The van der Waals surface area contributed by atoms with Crippen LogP contribution in [0.3, 0.4) is 0 Å². The van der Waals surface area contributed by atoms with Crippen molar-refractivity contribution in [1.29, 1.82) is 0 Å². The first-order valence-electron chi connectivity index (χ1n) is 7.58. The number of amides is 1. The molecule has 0 N–H and O–H groups in total. The van der Waals surface area contributed by atoms with Crippen molar-refractivity contribution in [3.8, 4) is 0 Å². The van der Waals surface area contributed by atoms with E-state index in [-0.39, 0.29) is 18.2 Å². The van der Waals surface area contributed by atoms with E-state index in [9.17, 15) is 4.79 Å². The number of aromatic nitrogens is 1. The lowest BCUT2D eigenvalue weighted by Gasteiger charge is -2.45. The number of rotatable bonds is 1. The van der Waals surface area contributed by atoms with Gasteiger partial charge in [0.05, 0.1) is 6.04 Å². The molecule has 2 heterocycles. The Hall–Kier alpha value is -1.49. The van der Waals surface area contributed by atoms with E-state index in [1.807, 2.05) is 39.8 Å². The maximum absolute atomic E-state index is 12.3. The molecule has 1 amide bonds. The van der Waals surface area contributed by atoms with Crippen LogP contribution < -0.4 is 4.90 Å². The monoisotopic (exact) mass is 325 g/mol. The van der Waals surface area contributed by atoms with Crippen molar-refractivity contribution in [1.82, 2.24) is 9.88 Å². The predicted molar refractivity (Wildman–Crippen MR) is 88.5 cm³/mol. The summed E-state index contributed by atoms with van der Waals surface area (Å²) in [6, 6.07) is 5.76. The van der Waals surface area contributed by atoms with Crippen LogP contribution in [0.4, 0.5) is 10.6 Å². The van der Waals surface area contributed by atoms with Gasteiger partial charge < -0.3 is 14.5 Å². The van der Waals surface area contributed by atoms with Crippen molar-refractivity contribution < 1.29 is 9.53 Å². The molecule has 0 saturated carbocycles. The first-order valence-corrected chi connectivity index (χ1v) is 7.95. The standard InChI is InChI=1S/C16H24ClN3O2/c1-11-12(2)20(15(21)22-16(3,4)5)10-9-19(11)14-8-6-7-13(17)18-14/h6-8,11-12H,9-10H2,1-5H3/t11-,12-/m0/s1. The van der Waals surface area contributed by atoms with E-state index >= 15 is 0 Å². The molecule has 0 unspecified atom stereocenters. The van der Waals surface area contributed by atoms with Gasteiger partial charge in [-0.2, -0.15) is 0 Å². The van der Waals surface area contributed by atoms with E-state index in [2.05, 4.69) is 16.8 Å². The van der Waals surface area contributed by atoms with E-state index < -0.39 is 5.60 Å². The minimum atomic E-state index is -0.480. The molecule has 22 heavy (non-hydrogen) atoms. The second-order valence-corrected chi connectivity index (χ2v) is 7.05. The third-order valence-corrected chi connectivity index (χ3v) is 4.10. The molecule has 0 bridgehead atoms. The number of ether oxygens (including phenoxy) is 1. The Morgan fingerprint density at radius 2 is 1.95 bits per heavy atom. The summed E-state index contributed by atoms with van der Waals surface area (Å²) >= 11 is 5.98. The van der Waals surface area contributed by atoms with Gasteiger partial charge in [-0.1, -0.05) is 17.7 Å². The SMILES string of the molecule is C[C@H]1[C@H](C)N(c2cccc(Cl)n2)CCN1C(=O)OC(C)(C)C. The van der Waals surface area contributed by atoms with Crippen molar-refractivity contribution in [2.75, 3.05) is 18.0 Å². The molecule has 0 aliphatic carbocycles. The normalized spacial score (nSPS) is 22.6. The zero-order valence-corrected chi connectivity index (χ0v) is 14.6. The molecule has 0 spiro atoms. The Balaban J connectivity index is 2.11. The molecule has 122 valence electrons. The molecule has 1 aromatic heterocycles. The number of hydrogen-bond acceptors (Lipinski definition) is 4. The van der Waals surface area contributed by atoms with E-state index in [0.717, 1.165) is 5.82 Å². The van der Waals surface area contributed by atoms with E-state index in [1.165, 1.54) is 0 Å². The molecule has 5 nitrogen and oxygen atoms in total. The quantitative estimate of drug-likeness (QED) is 0.740. The molecular weight excluding hydrogens is 302 g/mol. The highest BCUT2D eigenvalue weighted by Crippen LogP contribution is 2.25. The molecule has 0 aromatic carbocycles. The lowest BCUT2D eigenvalue weighted by molar-refractivity contribution is 0.0120. The summed E-state index contributed by atoms with van der Waals surface area (Å²) in [4.78, 5) is 20.6. The topological polar surface area (TPSA) is 45.7 Å².